The van der Waals surface area contributed by atoms with E-state index in [9.17, 15) is 0 Å². The fraction of sp³-hybridized carbons (Fsp3) is 0.308. The fourth-order valence-electron chi connectivity index (χ4n) is 2.24. The Morgan fingerprint density at radius 2 is 2.13 bits per heavy atom. The van der Waals surface area contributed by atoms with E-state index in [0.717, 1.165) is 19.3 Å². The highest BCUT2D eigenvalue weighted by Crippen LogP contribution is 2.42. The van der Waals surface area contributed by atoms with Crippen LogP contribution in [0.4, 0.5) is 0 Å². The Bertz CT molecular complexity index is 397. The lowest BCUT2D eigenvalue weighted by atomic mass is 9.95. The molecule has 0 bridgehead atoms. The van der Waals surface area contributed by atoms with Crippen molar-refractivity contribution in [2.75, 3.05) is 6.67 Å². The van der Waals surface area contributed by atoms with E-state index < -0.39 is 0 Å². The topological polar surface area (TPSA) is 24.4 Å². The summed E-state index contributed by atoms with van der Waals surface area (Å²) in [5.41, 5.74) is 6.19. The molecule has 0 atom stereocenters. The standard InChI is InChI=1S/C13H16N2/c1-9-7-10(2)13-11(9)5-4-6-12(13)15-8-14-3/h5,15H,1-4,6-8H2. The van der Waals surface area contributed by atoms with Crippen molar-refractivity contribution >= 4 is 6.72 Å². The number of fused-ring (bicyclic) bond motifs is 1. The third kappa shape index (κ3) is 1.67. The van der Waals surface area contributed by atoms with Crippen molar-refractivity contribution in [2.24, 2.45) is 4.99 Å². The summed E-state index contributed by atoms with van der Waals surface area (Å²) in [5.74, 6) is 0. The molecule has 0 heterocycles. The predicted octanol–water partition coefficient (Wildman–Crippen LogP) is 2.72. The summed E-state index contributed by atoms with van der Waals surface area (Å²) < 4.78 is 0. The van der Waals surface area contributed by atoms with Gasteiger partial charge in [0, 0.05) is 11.3 Å². The third-order valence-corrected chi connectivity index (χ3v) is 2.88. The SMILES string of the molecule is C=NCNC1=C2C(=C)CC(=C)C2=CCC1. The van der Waals surface area contributed by atoms with Gasteiger partial charge in [0.2, 0.25) is 0 Å². The fourth-order valence-corrected chi connectivity index (χ4v) is 2.24. The van der Waals surface area contributed by atoms with Crippen LogP contribution in [-0.4, -0.2) is 13.4 Å². The lowest BCUT2D eigenvalue weighted by molar-refractivity contribution is 0.751. The minimum atomic E-state index is 0.575. The van der Waals surface area contributed by atoms with Crippen LogP contribution in [0.15, 0.2) is 52.2 Å². The molecular weight excluding hydrogens is 184 g/mol. The molecule has 0 radical (unpaired) electrons. The van der Waals surface area contributed by atoms with Gasteiger partial charge in [-0.3, -0.25) is 4.99 Å². The molecule has 2 nitrogen and oxygen atoms in total. The summed E-state index contributed by atoms with van der Waals surface area (Å²) in [6, 6.07) is 0. The largest absolute Gasteiger partial charge is 0.369 e. The molecule has 2 aliphatic rings. The van der Waals surface area contributed by atoms with Crippen LogP contribution < -0.4 is 5.32 Å². The minimum absolute atomic E-state index is 0.575. The second-order valence-electron chi connectivity index (χ2n) is 3.95. The Hall–Kier alpha value is -1.57. The van der Waals surface area contributed by atoms with Crippen LogP contribution in [0, 0.1) is 0 Å². The highest BCUT2D eigenvalue weighted by molar-refractivity contribution is 5.65. The molecule has 0 amide bonds. The first kappa shape index (κ1) is 9.97. The molecule has 78 valence electrons. The molecule has 0 unspecified atom stereocenters. The summed E-state index contributed by atoms with van der Waals surface area (Å²) in [6.07, 6.45) is 5.29. The molecule has 15 heavy (non-hydrogen) atoms. The number of hydrogen-bond acceptors (Lipinski definition) is 2. The molecule has 0 aliphatic heterocycles. The first-order chi connectivity index (χ1) is 7.24. The van der Waals surface area contributed by atoms with Gasteiger partial charge in [-0.25, -0.2) is 0 Å². The second kappa shape index (κ2) is 3.89. The number of nitrogens with one attached hydrogen (secondary N) is 1. The molecule has 2 aliphatic carbocycles. The molecule has 1 saturated carbocycles. The van der Waals surface area contributed by atoms with Gasteiger partial charge in [-0.1, -0.05) is 19.2 Å². The van der Waals surface area contributed by atoms with Crippen molar-refractivity contribution in [3.63, 3.8) is 0 Å². The van der Waals surface area contributed by atoms with Crippen LogP contribution in [-0.2, 0) is 0 Å². The second-order valence-corrected chi connectivity index (χ2v) is 3.95. The van der Waals surface area contributed by atoms with Gasteiger partial charge in [-0.2, -0.15) is 0 Å². The molecule has 0 saturated heterocycles. The first-order valence-electron chi connectivity index (χ1n) is 5.20. The Balaban J connectivity index is 2.35. The third-order valence-electron chi connectivity index (χ3n) is 2.88. The van der Waals surface area contributed by atoms with Crippen molar-refractivity contribution in [1.82, 2.24) is 5.32 Å². The van der Waals surface area contributed by atoms with Crippen LogP contribution in [0.5, 0.6) is 0 Å². The van der Waals surface area contributed by atoms with Crippen LogP contribution in [0.25, 0.3) is 0 Å². The smallest absolute Gasteiger partial charge is 0.106 e. The molecule has 0 spiro atoms. The lowest BCUT2D eigenvalue weighted by Gasteiger charge is -2.18. The molecule has 2 heteroatoms. The molecule has 0 aromatic heterocycles. The van der Waals surface area contributed by atoms with Gasteiger partial charge in [-0.05, 0) is 42.7 Å². The van der Waals surface area contributed by atoms with Gasteiger partial charge in [0.1, 0.15) is 6.67 Å². The van der Waals surface area contributed by atoms with Crippen LogP contribution in [0.1, 0.15) is 19.3 Å². The van der Waals surface area contributed by atoms with Crippen LogP contribution >= 0.6 is 0 Å². The van der Waals surface area contributed by atoms with Crippen molar-refractivity contribution < 1.29 is 0 Å². The van der Waals surface area contributed by atoms with Gasteiger partial charge in [0.15, 0.2) is 0 Å². The van der Waals surface area contributed by atoms with Gasteiger partial charge in [-0.15, -0.1) is 0 Å². The molecular formula is C13H16N2. The Kier molecular flexibility index (Phi) is 2.58. The van der Waals surface area contributed by atoms with Crippen molar-refractivity contribution in [1.29, 1.82) is 0 Å². The summed E-state index contributed by atoms with van der Waals surface area (Å²) in [4.78, 5) is 3.82. The number of nitrogens with zero attached hydrogens (tertiary/aromatic N) is 1. The zero-order valence-electron chi connectivity index (χ0n) is 8.97. The highest BCUT2D eigenvalue weighted by Gasteiger charge is 2.26. The maximum atomic E-state index is 4.10. The molecule has 1 N–H and O–H groups in total. The van der Waals surface area contributed by atoms with Crippen molar-refractivity contribution in [3.8, 4) is 0 Å². The van der Waals surface area contributed by atoms with Gasteiger partial charge >= 0.3 is 0 Å². The van der Waals surface area contributed by atoms with E-state index in [-0.39, 0.29) is 0 Å². The number of allylic oxidation sites excluding steroid dienone is 6. The Morgan fingerprint density at radius 3 is 2.87 bits per heavy atom. The predicted molar refractivity (Wildman–Crippen MR) is 64.8 cm³/mol. The van der Waals surface area contributed by atoms with Crippen LogP contribution in [0.2, 0.25) is 0 Å². The molecule has 0 aromatic carbocycles. The average Bonchev–Trinajstić information content (AvgIpc) is 2.53. The van der Waals surface area contributed by atoms with Crippen molar-refractivity contribution in [2.45, 2.75) is 19.3 Å². The quantitative estimate of drug-likeness (QED) is 0.696. The first-order valence-corrected chi connectivity index (χ1v) is 5.20. The Morgan fingerprint density at radius 1 is 1.33 bits per heavy atom. The van der Waals surface area contributed by atoms with E-state index in [4.69, 9.17) is 0 Å². The summed E-state index contributed by atoms with van der Waals surface area (Å²) >= 11 is 0. The number of aliphatic imine (C=N–C) groups is 1. The normalized spacial score (nSPS) is 20.1. The zero-order chi connectivity index (χ0) is 10.8. The van der Waals surface area contributed by atoms with E-state index in [0.29, 0.717) is 6.67 Å². The summed E-state index contributed by atoms with van der Waals surface area (Å²) in [7, 11) is 0. The van der Waals surface area contributed by atoms with E-state index in [1.54, 1.807) is 0 Å². The van der Waals surface area contributed by atoms with E-state index in [2.05, 4.69) is 36.3 Å². The number of rotatable bonds is 3. The maximum absolute atomic E-state index is 4.10. The minimum Gasteiger partial charge on any atom is -0.369 e. The monoisotopic (exact) mass is 200 g/mol. The average molecular weight is 200 g/mol. The number of hydrogen-bond donors (Lipinski definition) is 1. The van der Waals surface area contributed by atoms with Crippen LogP contribution in [0.3, 0.4) is 0 Å². The highest BCUT2D eigenvalue weighted by atomic mass is 15.0. The van der Waals surface area contributed by atoms with Crippen molar-refractivity contribution in [3.05, 3.63) is 47.2 Å². The van der Waals surface area contributed by atoms with E-state index >= 15 is 0 Å². The molecule has 2 rings (SSSR count). The van der Waals surface area contributed by atoms with E-state index in [1.807, 2.05) is 0 Å². The van der Waals surface area contributed by atoms with Gasteiger partial charge in [0.05, 0.1) is 0 Å². The summed E-state index contributed by atoms with van der Waals surface area (Å²) in [6.45, 7) is 12.2. The Labute approximate surface area is 90.8 Å². The van der Waals surface area contributed by atoms with Gasteiger partial charge in [0.25, 0.3) is 0 Å². The lowest BCUT2D eigenvalue weighted by Crippen LogP contribution is -2.17. The van der Waals surface area contributed by atoms with Gasteiger partial charge < -0.3 is 5.32 Å². The van der Waals surface area contributed by atoms with E-state index in [1.165, 1.54) is 28.0 Å². The molecule has 0 aromatic rings. The summed E-state index contributed by atoms with van der Waals surface area (Å²) in [5, 5.41) is 3.30. The molecule has 1 fully saturated rings. The zero-order valence-corrected chi connectivity index (χ0v) is 8.97. The maximum Gasteiger partial charge on any atom is 0.106 e.